The van der Waals surface area contributed by atoms with Crippen LogP contribution in [0.4, 0.5) is 0 Å². The van der Waals surface area contributed by atoms with Crippen LogP contribution < -0.4 is 0 Å². The standard InChI is InChI=1S/C20H23N3O5S2/c1-5-23(17(12(2)3)20(24)25)30(26,27)15-9-7-14(8-10-15)19-21-18(22-28-19)16-11-6-13(4)29-16/h6-12,17H,5H2,1-4H3,(H,24,25)/t17-/m1/s1. The van der Waals surface area contributed by atoms with Gasteiger partial charge in [0.25, 0.3) is 5.89 Å². The molecule has 0 bridgehead atoms. The maximum atomic E-state index is 13.1. The lowest BCUT2D eigenvalue weighted by atomic mass is 10.1. The normalized spacial score (nSPS) is 13.1. The molecule has 1 N–H and O–H groups in total. The van der Waals surface area contributed by atoms with Crippen molar-refractivity contribution in [2.45, 2.75) is 38.6 Å². The average Bonchev–Trinajstić information content (AvgIpc) is 3.34. The maximum absolute atomic E-state index is 13.1. The number of aryl methyl sites for hydroxylation is 1. The third kappa shape index (κ3) is 4.30. The second-order valence-electron chi connectivity index (χ2n) is 7.09. The molecule has 0 radical (unpaired) electrons. The first-order chi connectivity index (χ1) is 14.1. The molecule has 2 aromatic heterocycles. The zero-order valence-corrected chi connectivity index (χ0v) is 18.7. The minimum atomic E-state index is -3.99. The van der Waals surface area contributed by atoms with E-state index in [1.807, 2.05) is 19.1 Å². The molecule has 1 aromatic carbocycles. The number of sulfonamides is 1. The molecule has 1 atom stereocenters. The van der Waals surface area contributed by atoms with Crippen LogP contribution in [0, 0.1) is 12.8 Å². The van der Waals surface area contributed by atoms with E-state index >= 15 is 0 Å². The number of hydrogen-bond donors (Lipinski definition) is 1. The van der Waals surface area contributed by atoms with Gasteiger partial charge < -0.3 is 9.63 Å². The van der Waals surface area contributed by atoms with Gasteiger partial charge in [0.05, 0.1) is 9.77 Å². The lowest BCUT2D eigenvalue weighted by Gasteiger charge is -2.29. The van der Waals surface area contributed by atoms with Crippen LogP contribution >= 0.6 is 11.3 Å². The third-order valence-corrected chi connectivity index (χ3v) is 7.57. The summed E-state index contributed by atoms with van der Waals surface area (Å²) in [5.74, 6) is -0.806. The second kappa shape index (κ2) is 8.66. The fourth-order valence-electron chi connectivity index (χ4n) is 3.16. The monoisotopic (exact) mass is 449 g/mol. The Labute approximate surface area is 179 Å². The van der Waals surface area contributed by atoms with Crippen LogP contribution in [0.25, 0.3) is 22.2 Å². The first kappa shape index (κ1) is 22.1. The van der Waals surface area contributed by atoms with Crippen molar-refractivity contribution in [3.63, 3.8) is 0 Å². The number of carboxylic acid groups (broad SMARTS) is 1. The van der Waals surface area contributed by atoms with Gasteiger partial charge in [-0.05, 0) is 49.2 Å². The SMILES string of the molecule is CCN([C@@H](C(=O)O)C(C)C)S(=O)(=O)c1ccc(-c2nc(-c3ccc(C)s3)no2)cc1. The lowest BCUT2D eigenvalue weighted by Crippen LogP contribution is -2.47. The summed E-state index contributed by atoms with van der Waals surface area (Å²) in [5.41, 5.74) is 0.572. The van der Waals surface area contributed by atoms with Gasteiger partial charge in [-0.1, -0.05) is 25.9 Å². The molecule has 2 heterocycles. The van der Waals surface area contributed by atoms with Gasteiger partial charge in [-0.15, -0.1) is 11.3 Å². The van der Waals surface area contributed by atoms with Crippen LogP contribution in [-0.2, 0) is 14.8 Å². The van der Waals surface area contributed by atoms with E-state index in [9.17, 15) is 18.3 Å². The quantitative estimate of drug-likeness (QED) is 0.555. The summed E-state index contributed by atoms with van der Waals surface area (Å²) in [6.45, 7) is 7.02. The summed E-state index contributed by atoms with van der Waals surface area (Å²) in [6.07, 6.45) is 0. The van der Waals surface area contributed by atoms with Crippen molar-refractivity contribution in [2.75, 3.05) is 6.54 Å². The van der Waals surface area contributed by atoms with Gasteiger partial charge in [-0.2, -0.15) is 9.29 Å². The molecule has 0 spiro atoms. The van der Waals surface area contributed by atoms with E-state index in [1.165, 1.54) is 12.1 Å². The van der Waals surface area contributed by atoms with Crippen LogP contribution in [0.3, 0.4) is 0 Å². The van der Waals surface area contributed by atoms with Crippen molar-refractivity contribution in [3.05, 3.63) is 41.3 Å². The van der Waals surface area contributed by atoms with E-state index in [-0.39, 0.29) is 23.2 Å². The van der Waals surface area contributed by atoms with E-state index in [0.29, 0.717) is 11.4 Å². The van der Waals surface area contributed by atoms with E-state index < -0.39 is 22.0 Å². The van der Waals surface area contributed by atoms with Crippen LogP contribution in [0.2, 0.25) is 0 Å². The maximum Gasteiger partial charge on any atom is 0.322 e. The number of nitrogens with zero attached hydrogens (tertiary/aromatic N) is 3. The van der Waals surface area contributed by atoms with Crippen molar-refractivity contribution in [1.29, 1.82) is 0 Å². The van der Waals surface area contributed by atoms with Crippen molar-refractivity contribution >= 4 is 27.3 Å². The van der Waals surface area contributed by atoms with Gasteiger partial charge in [0, 0.05) is 17.0 Å². The fourth-order valence-corrected chi connectivity index (χ4v) is 5.67. The largest absolute Gasteiger partial charge is 0.480 e. The average molecular weight is 450 g/mol. The Hall–Kier alpha value is -2.56. The van der Waals surface area contributed by atoms with Gasteiger partial charge in [0.1, 0.15) is 6.04 Å². The molecule has 0 saturated carbocycles. The van der Waals surface area contributed by atoms with E-state index in [1.54, 1.807) is 44.2 Å². The molecule has 0 amide bonds. The van der Waals surface area contributed by atoms with Gasteiger partial charge in [0.2, 0.25) is 15.8 Å². The third-order valence-electron chi connectivity index (χ3n) is 4.60. The molecule has 8 nitrogen and oxygen atoms in total. The number of rotatable bonds is 8. The number of hydrogen-bond acceptors (Lipinski definition) is 7. The van der Waals surface area contributed by atoms with E-state index in [2.05, 4.69) is 10.1 Å². The lowest BCUT2D eigenvalue weighted by molar-refractivity contribution is -0.142. The van der Waals surface area contributed by atoms with Crippen molar-refractivity contribution in [3.8, 4) is 22.2 Å². The Balaban J connectivity index is 1.89. The summed E-state index contributed by atoms with van der Waals surface area (Å²) in [5, 5.41) is 13.5. The van der Waals surface area contributed by atoms with Gasteiger partial charge in [-0.25, -0.2) is 8.42 Å². The van der Waals surface area contributed by atoms with Gasteiger partial charge in [-0.3, -0.25) is 4.79 Å². The zero-order valence-electron chi connectivity index (χ0n) is 17.1. The van der Waals surface area contributed by atoms with Crippen molar-refractivity contribution in [2.24, 2.45) is 5.92 Å². The summed E-state index contributed by atoms with van der Waals surface area (Å²) in [7, 11) is -3.99. The number of carboxylic acids is 1. The number of likely N-dealkylation sites (N-methyl/N-ethyl adjacent to an activating group) is 1. The molecule has 0 unspecified atom stereocenters. The molecule has 10 heteroatoms. The molecule has 0 saturated heterocycles. The molecule has 30 heavy (non-hydrogen) atoms. The van der Waals surface area contributed by atoms with Crippen LogP contribution in [0.15, 0.2) is 45.8 Å². The highest BCUT2D eigenvalue weighted by molar-refractivity contribution is 7.89. The van der Waals surface area contributed by atoms with Crippen molar-refractivity contribution < 1.29 is 22.8 Å². The highest BCUT2D eigenvalue weighted by Crippen LogP contribution is 2.29. The van der Waals surface area contributed by atoms with Crippen LogP contribution in [0.1, 0.15) is 25.6 Å². The Kier molecular flexibility index (Phi) is 6.39. The summed E-state index contributed by atoms with van der Waals surface area (Å²) in [6, 6.07) is 8.73. The zero-order chi connectivity index (χ0) is 22.1. The molecule has 0 aliphatic carbocycles. The molecular weight excluding hydrogens is 426 g/mol. The molecule has 160 valence electrons. The number of aliphatic carboxylic acids is 1. The van der Waals surface area contributed by atoms with Gasteiger partial charge in [0.15, 0.2) is 0 Å². The molecule has 3 aromatic rings. The first-order valence-corrected chi connectivity index (χ1v) is 11.7. The Morgan fingerprint density at radius 1 is 1.20 bits per heavy atom. The Morgan fingerprint density at radius 2 is 1.87 bits per heavy atom. The summed E-state index contributed by atoms with van der Waals surface area (Å²) < 4.78 is 32.5. The second-order valence-corrected chi connectivity index (χ2v) is 10.3. The molecule has 3 rings (SSSR count). The molecule has 0 fully saturated rings. The highest BCUT2D eigenvalue weighted by atomic mass is 32.2. The van der Waals surface area contributed by atoms with Crippen LogP contribution in [-0.4, -0.2) is 46.5 Å². The Morgan fingerprint density at radius 3 is 2.37 bits per heavy atom. The molecule has 0 aliphatic rings. The number of benzene rings is 1. The Bertz CT molecular complexity index is 1130. The molecule has 0 aliphatic heterocycles. The van der Waals surface area contributed by atoms with Gasteiger partial charge >= 0.3 is 5.97 Å². The van der Waals surface area contributed by atoms with E-state index in [0.717, 1.165) is 14.1 Å². The highest BCUT2D eigenvalue weighted by Gasteiger charge is 2.36. The number of thiophene rings is 1. The molecular formula is C20H23N3O5S2. The fraction of sp³-hybridized carbons (Fsp3) is 0.350. The van der Waals surface area contributed by atoms with Crippen LogP contribution in [0.5, 0.6) is 0 Å². The minimum Gasteiger partial charge on any atom is -0.480 e. The first-order valence-electron chi connectivity index (χ1n) is 9.40. The predicted octanol–water partition coefficient (Wildman–Crippen LogP) is 3.89. The predicted molar refractivity (Wildman–Crippen MR) is 114 cm³/mol. The summed E-state index contributed by atoms with van der Waals surface area (Å²) in [4.78, 5) is 18.0. The number of aromatic nitrogens is 2. The number of carbonyl (C=O) groups is 1. The van der Waals surface area contributed by atoms with Crippen molar-refractivity contribution in [1.82, 2.24) is 14.4 Å². The smallest absolute Gasteiger partial charge is 0.322 e. The summed E-state index contributed by atoms with van der Waals surface area (Å²) >= 11 is 1.55. The topological polar surface area (TPSA) is 114 Å². The minimum absolute atomic E-state index is 0.00798. The van der Waals surface area contributed by atoms with E-state index in [4.69, 9.17) is 4.52 Å².